The number of aromatic nitrogens is 2. The molecule has 2 rings (SSSR count). The topological polar surface area (TPSA) is 46.1 Å². The molecule has 0 radical (unpaired) electrons. The fourth-order valence-electron chi connectivity index (χ4n) is 1.98. The Kier molecular flexibility index (Phi) is 3.17. The lowest BCUT2D eigenvalue weighted by molar-refractivity contribution is 0.0695. The Morgan fingerprint density at radius 1 is 1.44 bits per heavy atom. The van der Waals surface area contributed by atoms with Crippen molar-refractivity contribution in [3.8, 4) is 0 Å². The largest absolute Gasteiger partial charge is 0.339 e. The number of hydrogen-bond donors (Lipinski definition) is 0. The van der Waals surface area contributed by atoms with Crippen molar-refractivity contribution in [2.45, 2.75) is 26.7 Å². The third-order valence-corrected chi connectivity index (χ3v) is 3.21. The van der Waals surface area contributed by atoms with E-state index in [4.69, 9.17) is 0 Å². The lowest BCUT2D eigenvalue weighted by Crippen LogP contribution is -2.38. The van der Waals surface area contributed by atoms with E-state index < -0.39 is 0 Å². The minimum absolute atomic E-state index is 0.0741. The summed E-state index contributed by atoms with van der Waals surface area (Å²) >= 11 is 0. The number of piperidine rings is 1. The first-order valence-corrected chi connectivity index (χ1v) is 5.74. The fraction of sp³-hybridized carbons (Fsp3) is 0.583. The summed E-state index contributed by atoms with van der Waals surface area (Å²) in [5.74, 6) is 0.808. The molecule has 0 atom stereocenters. The van der Waals surface area contributed by atoms with E-state index in [1.165, 1.54) is 6.33 Å². The summed E-state index contributed by atoms with van der Waals surface area (Å²) in [6, 6.07) is 0. The van der Waals surface area contributed by atoms with Crippen LogP contribution in [0.5, 0.6) is 0 Å². The molecule has 1 saturated heterocycles. The molecular formula is C12H17N3O. The molecule has 1 aliphatic rings. The van der Waals surface area contributed by atoms with E-state index in [0.717, 1.165) is 37.5 Å². The summed E-state index contributed by atoms with van der Waals surface area (Å²) in [7, 11) is 0. The predicted molar refractivity (Wildman–Crippen MR) is 61.1 cm³/mol. The molecule has 1 aromatic rings. The van der Waals surface area contributed by atoms with Crippen molar-refractivity contribution in [1.82, 2.24) is 14.9 Å². The molecule has 4 heteroatoms. The molecule has 1 amide bonds. The van der Waals surface area contributed by atoms with Crippen molar-refractivity contribution in [2.75, 3.05) is 13.1 Å². The van der Waals surface area contributed by atoms with Crippen LogP contribution in [0.15, 0.2) is 12.5 Å². The van der Waals surface area contributed by atoms with Crippen LogP contribution in [-0.4, -0.2) is 33.9 Å². The van der Waals surface area contributed by atoms with Crippen molar-refractivity contribution in [3.05, 3.63) is 23.8 Å². The monoisotopic (exact) mass is 219 g/mol. The van der Waals surface area contributed by atoms with Crippen molar-refractivity contribution >= 4 is 5.91 Å². The first-order chi connectivity index (χ1) is 7.68. The van der Waals surface area contributed by atoms with Gasteiger partial charge in [-0.3, -0.25) is 4.79 Å². The third-order valence-electron chi connectivity index (χ3n) is 3.21. The first kappa shape index (κ1) is 11.0. The first-order valence-electron chi connectivity index (χ1n) is 5.74. The number of hydrogen-bond acceptors (Lipinski definition) is 3. The van der Waals surface area contributed by atoms with Gasteiger partial charge in [-0.1, -0.05) is 6.92 Å². The molecule has 86 valence electrons. The zero-order chi connectivity index (χ0) is 11.5. The van der Waals surface area contributed by atoms with Gasteiger partial charge in [-0.05, 0) is 25.7 Å². The second-order valence-electron chi connectivity index (χ2n) is 4.50. The van der Waals surface area contributed by atoms with Crippen LogP contribution in [0.2, 0.25) is 0 Å². The third kappa shape index (κ3) is 2.21. The Morgan fingerprint density at radius 2 is 2.12 bits per heavy atom. The lowest BCUT2D eigenvalue weighted by Gasteiger charge is -2.30. The highest BCUT2D eigenvalue weighted by Gasteiger charge is 2.22. The predicted octanol–water partition coefficient (Wildman–Crippen LogP) is 1.66. The maximum Gasteiger partial charge on any atom is 0.257 e. The van der Waals surface area contributed by atoms with Gasteiger partial charge in [0.15, 0.2) is 0 Å². The molecule has 1 fully saturated rings. The summed E-state index contributed by atoms with van der Waals surface area (Å²) < 4.78 is 0. The van der Waals surface area contributed by atoms with Crippen molar-refractivity contribution in [1.29, 1.82) is 0 Å². The Balaban J connectivity index is 2.11. The van der Waals surface area contributed by atoms with E-state index >= 15 is 0 Å². The average molecular weight is 219 g/mol. The van der Waals surface area contributed by atoms with Crippen LogP contribution in [0, 0.1) is 12.8 Å². The lowest BCUT2D eigenvalue weighted by atomic mass is 9.98. The number of aryl methyl sites for hydroxylation is 1. The van der Waals surface area contributed by atoms with Gasteiger partial charge in [0.25, 0.3) is 5.91 Å². The van der Waals surface area contributed by atoms with Gasteiger partial charge in [-0.25, -0.2) is 9.97 Å². The minimum atomic E-state index is 0.0741. The molecule has 0 aliphatic carbocycles. The second-order valence-corrected chi connectivity index (χ2v) is 4.50. The molecule has 16 heavy (non-hydrogen) atoms. The van der Waals surface area contributed by atoms with E-state index in [9.17, 15) is 4.79 Å². The zero-order valence-corrected chi connectivity index (χ0v) is 9.81. The highest BCUT2D eigenvalue weighted by molar-refractivity contribution is 5.94. The highest BCUT2D eigenvalue weighted by atomic mass is 16.2. The maximum absolute atomic E-state index is 12.2. The molecule has 1 aliphatic heterocycles. The van der Waals surface area contributed by atoms with E-state index in [2.05, 4.69) is 16.9 Å². The quantitative estimate of drug-likeness (QED) is 0.721. The van der Waals surface area contributed by atoms with Crippen LogP contribution < -0.4 is 0 Å². The standard InChI is InChI=1S/C12H17N3O/c1-9-3-5-15(6-4-9)12(16)11-7-13-8-14-10(11)2/h7-9H,3-6H2,1-2H3. The fourth-order valence-corrected chi connectivity index (χ4v) is 1.98. The molecular weight excluding hydrogens is 202 g/mol. The van der Waals surface area contributed by atoms with Crippen LogP contribution in [0.1, 0.15) is 35.8 Å². The van der Waals surface area contributed by atoms with E-state index in [1.807, 2.05) is 11.8 Å². The van der Waals surface area contributed by atoms with E-state index in [-0.39, 0.29) is 5.91 Å². The van der Waals surface area contributed by atoms with Gasteiger partial charge in [0.2, 0.25) is 0 Å². The molecule has 0 bridgehead atoms. The number of carbonyl (C=O) groups is 1. The van der Waals surface area contributed by atoms with Crippen molar-refractivity contribution < 1.29 is 4.79 Å². The molecule has 0 N–H and O–H groups in total. The van der Waals surface area contributed by atoms with E-state index in [0.29, 0.717) is 5.56 Å². The number of amides is 1. The SMILES string of the molecule is Cc1ncncc1C(=O)N1CCC(C)CC1. The van der Waals surface area contributed by atoms with Crippen LogP contribution in [0.25, 0.3) is 0 Å². The van der Waals surface area contributed by atoms with Gasteiger partial charge in [0.1, 0.15) is 6.33 Å². The van der Waals surface area contributed by atoms with Gasteiger partial charge in [-0.2, -0.15) is 0 Å². The Bertz CT molecular complexity index is 384. The van der Waals surface area contributed by atoms with E-state index in [1.54, 1.807) is 6.20 Å². The Morgan fingerprint density at radius 3 is 2.75 bits per heavy atom. The van der Waals surface area contributed by atoms with Crippen LogP contribution in [-0.2, 0) is 0 Å². The number of rotatable bonds is 1. The van der Waals surface area contributed by atoms with Crippen LogP contribution >= 0.6 is 0 Å². The molecule has 0 aromatic carbocycles. The summed E-state index contributed by atoms with van der Waals surface area (Å²) in [5, 5.41) is 0. The van der Waals surface area contributed by atoms with Gasteiger partial charge in [-0.15, -0.1) is 0 Å². The van der Waals surface area contributed by atoms with Crippen molar-refractivity contribution in [3.63, 3.8) is 0 Å². The smallest absolute Gasteiger partial charge is 0.257 e. The molecule has 1 aromatic heterocycles. The summed E-state index contributed by atoms with van der Waals surface area (Å²) in [6.07, 6.45) is 5.28. The molecule has 0 saturated carbocycles. The minimum Gasteiger partial charge on any atom is -0.339 e. The van der Waals surface area contributed by atoms with Gasteiger partial charge < -0.3 is 4.90 Å². The maximum atomic E-state index is 12.2. The number of nitrogens with zero attached hydrogens (tertiary/aromatic N) is 3. The summed E-state index contributed by atoms with van der Waals surface area (Å²) in [5.41, 5.74) is 1.40. The Labute approximate surface area is 95.7 Å². The van der Waals surface area contributed by atoms with Crippen molar-refractivity contribution in [2.24, 2.45) is 5.92 Å². The highest BCUT2D eigenvalue weighted by Crippen LogP contribution is 2.18. The summed E-state index contributed by atoms with van der Waals surface area (Å²) in [6.45, 7) is 5.79. The number of likely N-dealkylation sites (tertiary alicyclic amines) is 1. The normalized spacial score (nSPS) is 17.5. The Hall–Kier alpha value is -1.45. The average Bonchev–Trinajstić information content (AvgIpc) is 2.30. The van der Waals surface area contributed by atoms with Gasteiger partial charge >= 0.3 is 0 Å². The molecule has 0 spiro atoms. The molecule has 2 heterocycles. The molecule has 0 unspecified atom stereocenters. The second kappa shape index (κ2) is 4.60. The van der Waals surface area contributed by atoms with Crippen LogP contribution in [0.4, 0.5) is 0 Å². The number of carbonyl (C=O) groups excluding carboxylic acids is 1. The van der Waals surface area contributed by atoms with Gasteiger partial charge in [0, 0.05) is 19.3 Å². The van der Waals surface area contributed by atoms with Gasteiger partial charge in [0.05, 0.1) is 11.3 Å². The zero-order valence-electron chi connectivity index (χ0n) is 9.81. The molecule has 4 nitrogen and oxygen atoms in total. The summed E-state index contributed by atoms with van der Waals surface area (Å²) in [4.78, 5) is 22.1. The van der Waals surface area contributed by atoms with Crippen LogP contribution in [0.3, 0.4) is 0 Å².